The average Bonchev–Trinajstić information content (AvgIpc) is 3.20. The van der Waals surface area contributed by atoms with E-state index in [2.05, 4.69) is 14.2 Å². The minimum absolute atomic E-state index is 0.0880. The minimum Gasteiger partial charge on any atom is -0.508 e. The van der Waals surface area contributed by atoms with Crippen LogP contribution in [0, 0.1) is 0 Å². The van der Waals surface area contributed by atoms with Crippen molar-refractivity contribution in [1.29, 1.82) is 0 Å². The maximum absolute atomic E-state index is 10.7. The summed E-state index contributed by atoms with van der Waals surface area (Å²) < 4.78 is 13.6. The lowest BCUT2D eigenvalue weighted by atomic mass is 10.3. The quantitative estimate of drug-likeness (QED) is 0.439. The number of benzene rings is 1. The van der Waals surface area contributed by atoms with Crippen LogP contribution in [0.1, 0.15) is 0 Å². The molecule has 0 radical (unpaired) electrons. The van der Waals surface area contributed by atoms with Crippen LogP contribution in [-0.4, -0.2) is 47.6 Å². The molecule has 2 aliphatic rings. The van der Waals surface area contributed by atoms with Crippen molar-refractivity contribution in [2.75, 3.05) is 13.2 Å². The maximum Gasteiger partial charge on any atom is 0.345 e. The van der Waals surface area contributed by atoms with Crippen LogP contribution >= 0.6 is 0 Å². The Morgan fingerprint density at radius 3 is 1.74 bits per heavy atom. The van der Waals surface area contributed by atoms with Crippen LogP contribution < -0.4 is 0 Å². The predicted octanol–water partition coefficient (Wildman–Crippen LogP) is -0.0484. The van der Waals surface area contributed by atoms with Gasteiger partial charge in [-0.3, -0.25) is 0 Å². The van der Waals surface area contributed by atoms with E-state index in [4.69, 9.17) is 10.2 Å². The number of aromatic hydroxyl groups is 2. The second-order valence-electron chi connectivity index (χ2n) is 3.90. The molecule has 2 saturated heterocycles. The summed E-state index contributed by atoms with van der Waals surface area (Å²) in [5.74, 6) is -1.04. The molecule has 102 valence electrons. The first-order valence-corrected chi connectivity index (χ1v) is 5.53. The Morgan fingerprint density at radius 1 is 1.05 bits per heavy atom. The Labute approximate surface area is 108 Å². The normalized spacial score (nSPS) is 22.7. The minimum atomic E-state index is -0.606. The SMILES string of the molecule is O=C(OC(=O)C1CO1)C1CO1.Oc1cccc(O)c1. The van der Waals surface area contributed by atoms with Crippen molar-refractivity contribution in [3.8, 4) is 11.5 Å². The summed E-state index contributed by atoms with van der Waals surface area (Å²) >= 11 is 0. The maximum atomic E-state index is 10.7. The van der Waals surface area contributed by atoms with Gasteiger partial charge in [0.05, 0.1) is 13.2 Å². The highest BCUT2D eigenvalue weighted by Gasteiger charge is 2.39. The standard InChI is InChI=1S/C6H6O5.C6H6O2/c7-5(3-1-9-3)11-6(8)4-2-10-4;7-5-2-1-3-6(8)4-5/h3-4H,1-2H2;1-4,7-8H. The first-order chi connectivity index (χ1) is 9.06. The Morgan fingerprint density at radius 2 is 1.47 bits per heavy atom. The van der Waals surface area contributed by atoms with Crippen molar-refractivity contribution in [3.05, 3.63) is 24.3 Å². The third kappa shape index (κ3) is 4.57. The molecule has 7 nitrogen and oxygen atoms in total. The number of epoxide rings is 2. The van der Waals surface area contributed by atoms with Crippen molar-refractivity contribution >= 4 is 11.9 Å². The molecule has 0 saturated carbocycles. The molecule has 2 heterocycles. The van der Waals surface area contributed by atoms with Crippen molar-refractivity contribution in [3.63, 3.8) is 0 Å². The lowest BCUT2D eigenvalue weighted by Gasteiger charge is -1.95. The number of carbonyl (C=O) groups is 2. The van der Waals surface area contributed by atoms with E-state index in [0.717, 1.165) is 0 Å². The zero-order valence-corrected chi connectivity index (χ0v) is 9.81. The van der Waals surface area contributed by atoms with E-state index in [-0.39, 0.29) is 11.5 Å². The zero-order chi connectivity index (χ0) is 13.8. The van der Waals surface area contributed by atoms with Crippen LogP contribution in [0.2, 0.25) is 0 Å². The first kappa shape index (κ1) is 13.3. The van der Waals surface area contributed by atoms with Gasteiger partial charge in [0.1, 0.15) is 11.5 Å². The van der Waals surface area contributed by atoms with E-state index < -0.39 is 24.1 Å². The van der Waals surface area contributed by atoms with E-state index in [9.17, 15) is 9.59 Å². The number of rotatable bonds is 2. The van der Waals surface area contributed by atoms with Gasteiger partial charge in [0, 0.05) is 6.07 Å². The van der Waals surface area contributed by atoms with Crippen LogP contribution in [-0.2, 0) is 23.8 Å². The lowest BCUT2D eigenvalue weighted by Crippen LogP contribution is -2.20. The molecular weight excluding hydrogens is 256 g/mol. The number of phenols is 2. The highest BCUT2D eigenvalue weighted by atomic mass is 16.7. The van der Waals surface area contributed by atoms with Gasteiger partial charge in [-0.25, -0.2) is 9.59 Å². The number of phenolic OH excluding ortho intramolecular Hbond substituents is 2. The molecule has 0 spiro atoms. The highest BCUT2D eigenvalue weighted by molar-refractivity contribution is 5.91. The summed E-state index contributed by atoms with van der Waals surface area (Å²) in [5.41, 5.74) is 0. The topological polar surface area (TPSA) is 109 Å². The van der Waals surface area contributed by atoms with Crippen molar-refractivity contribution in [1.82, 2.24) is 0 Å². The molecule has 7 heteroatoms. The second kappa shape index (κ2) is 5.68. The fourth-order valence-electron chi connectivity index (χ4n) is 1.09. The van der Waals surface area contributed by atoms with E-state index in [1.807, 2.05) is 0 Å². The first-order valence-electron chi connectivity index (χ1n) is 5.53. The number of esters is 2. The number of hydrogen-bond acceptors (Lipinski definition) is 7. The highest BCUT2D eigenvalue weighted by Crippen LogP contribution is 2.15. The molecule has 2 fully saturated rings. The molecule has 0 bridgehead atoms. The van der Waals surface area contributed by atoms with Crippen LogP contribution in [0.5, 0.6) is 11.5 Å². The number of carbonyl (C=O) groups excluding carboxylic acids is 2. The van der Waals surface area contributed by atoms with Gasteiger partial charge < -0.3 is 24.4 Å². The third-order valence-electron chi connectivity index (χ3n) is 2.22. The molecule has 2 N–H and O–H groups in total. The Bertz CT molecular complexity index is 437. The predicted molar refractivity (Wildman–Crippen MR) is 60.4 cm³/mol. The van der Waals surface area contributed by atoms with Crippen LogP contribution in [0.25, 0.3) is 0 Å². The average molecular weight is 268 g/mol. The number of ether oxygens (including phenoxy) is 3. The van der Waals surface area contributed by atoms with Gasteiger partial charge in [0.15, 0.2) is 12.2 Å². The molecule has 1 aromatic carbocycles. The monoisotopic (exact) mass is 268 g/mol. The van der Waals surface area contributed by atoms with Crippen LogP contribution in [0.15, 0.2) is 24.3 Å². The lowest BCUT2D eigenvalue weighted by molar-refractivity contribution is -0.161. The summed E-state index contributed by atoms with van der Waals surface area (Å²) in [4.78, 5) is 21.4. The molecule has 2 atom stereocenters. The van der Waals surface area contributed by atoms with E-state index in [0.29, 0.717) is 13.2 Å². The van der Waals surface area contributed by atoms with Gasteiger partial charge in [0.25, 0.3) is 0 Å². The second-order valence-corrected chi connectivity index (χ2v) is 3.90. The molecule has 0 amide bonds. The molecule has 0 aliphatic carbocycles. The van der Waals surface area contributed by atoms with Crippen molar-refractivity contribution < 1.29 is 34.0 Å². The van der Waals surface area contributed by atoms with Gasteiger partial charge in [-0.15, -0.1) is 0 Å². The Kier molecular flexibility index (Phi) is 3.98. The zero-order valence-electron chi connectivity index (χ0n) is 9.81. The molecule has 2 unspecified atom stereocenters. The van der Waals surface area contributed by atoms with Gasteiger partial charge in [-0.1, -0.05) is 6.07 Å². The molecule has 1 aromatic rings. The summed E-state index contributed by atoms with van der Waals surface area (Å²) in [6, 6.07) is 5.85. The van der Waals surface area contributed by atoms with Gasteiger partial charge in [-0.05, 0) is 12.1 Å². The molecular formula is C12H12O7. The largest absolute Gasteiger partial charge is 0.508 e. The van der Waals surface area contributed by atoms with Crippen molar-refractivity contribution in [2.45, 2.75) is 12.2 Å². The summed E-state index contributed by atoms with van der Waals surface area (Å²) in [6.07, 6.45) is -1.03. The third-order valence-corrected chi connectivity index (χ3v) is 2.22. The molecule has 19 heavy (non-hydrogen) atoms. The summed E-state index contributed by atoms with van der Waals surface area (Å²) in [7, 11) is 0. The summed E-state index contributed by atoms with van der Waals surface area (Å²) in [5, 5.41) is 17.3. The number of hydrogen-bond donors (Lipinski definition) is 2. The van der Waals surface area contributed by atoms with E-state index in [1.54, 1.807) is 6.07 Å². The smallest absolute Gasteiger partial charge is 0.345 e. The molecule has 2 aliphatic heterocycles. The molecule has 0 aromatic heterocycles. The van der Waals surface area contributed by atoms with Crippen molar-refractivity contribution in [2.24, 2.45) is 0 Å². The Balaban J connectivity index is 0.000000148. The van der Waals surface area contributed by atoms with E-state index in [1.165, 1.54) is 18.2 Å². The molecule has 3 rings (SSSR count). The van der Waals surface area contributed by atoms with Gasteiger partial charge in [0.2, 0.25) is 0 Å². The fraction of sp³-hybridized carbons (Fsp3) is 0.333. The fourth-order valence-corrected chi connectivity index (χ4v) is 1.09. The Hall–Kier alpha value is -2.12. The van der Waals surface area contributed by atoms with Gasteiger partial charge in [-0.2, -0.15) is 0 Å². The summed E-state index contributed by atoms with van der Waals surface area (Å²) in [6.45, 7) is 0.718. The van der Waals surface area contributed by atoms with Crippen LogP contribution in [0.3, 0.4) is 0 Å². The van der Waals surface area contributed by atoms with Gasteiger partial charge >= 0.3 is 11.9 Å². The van der Waals surface area contributed by atoms with E-state index >= 15 is 0 Å². The van der Waals surface area contributed by atoms with Crippen LogP contribution in [0.4, 0.5) is 0 Å².